The van der Waals surface area contributed by atoms with Crippen LogP contribution in [0.15, 0.2) is 271 Å². The number of sulfonamides is 3. The van der Waals surface area contributed by atoms with E-state index in [1.165, 1.54) is 59.5 Å². The number of nitrogens with one attached hydrogen (secondary N) is 7. The predicted molar refractivity (Wildman–Crippen MR) is 442 cm³/mol. The average molecular weight is 1700 g/mol. The van der Waals surface area contributed by atoms with Gasteiger partial charge in [0, 0.05) is 92.2 Å². The smallest absolute Gasteiger partial charge is 0.322 e. The highest BCUT2D eigenvalue weighted by molar-refractivity contribution is 7.92. The van der Waals surface area contributed by atoms with Crippen LogP contribution in [0.1, 0.15) is 59.8 Å². The van der Waals surface area contributed by atoms with Crippen LogP contribution in [-0.4, -0.2) is 101 Å². The summed E-state index contributed by atoms with van der Waals surface area (Å²) in [4.78, 5) is 66.6. The predicted octanol–water partition coefficient (Wildman–Crippen LogP) is 17.7. The molecule has 9 N–H and O–H groups in total. The molecule has 4 aromatic heterocycles. The number of primary sulfonamides is 1. The van der Waals surface area contributed by atoms with Crippen molar-refractivity contribution in [2.24, 2.45) is 11.1 Å². The molecular formula is C81H68Cl5F3N12O10S3. The van der Waals surface area contributed by atoms with Gasteiger partial charge in [-0.1, -0.05) is 94.4 Å². The van der Waals surface area contributed by atoms with E-state index in [0.717, 1.165) is 61.1 Å². The highest BCUT2D eigenvalue weighted by atomic mass is 35.5. The Morgan fingerprint density at radius 2 is 0.772 bits per heavy atom. The van der Waals surface area contributed by atoms with Crippen molar-refractivity contribution < 1.29 is 57.6 Å². The monoisotopic (exact) mass is 1700 g/mol. The van der Waals surface area contributed by atoms with Crippen molar-refractivity contribution in [1.82, 2.24) is 30.0 Å². The third-order valence-corrected chi connectivity index (χ3v) is 21.3. The summed E-state index contributed by atoms with van der Waals surface area (Å²) in [5.41, 5.74) is 10.6. The van der Waals surface area contributed by atoms with Gasteiger partial charge in [-0.2, -0.15) is 13.2 Å². The lowest BCUT2D eigenvalue weighted by molar-refractivity contribution is -0.121. The first-order chi connectivity index (χ1) is 54.3. The molecule has 0 saturated carbocycles. The number of aromatic nitrogens is 4. The van der Waals surface area contributed by atoms with E-state index in [2.05, 4.69) is 63.4 Å². The first-order valence-electron chi connectivity index (χ1n) is 34.3. The molecule has 1 aliphatic heterocycles. The van der Waals surface area contributed by atoms with Crippen LogP contribution in [0.4, 0.5) is 41.6 Å². The number of hydrogen-bond acceptors (Lipinski definition) is 15. The zero-order chi connectivity index (χ0) is 81.7. The van der Waals surface area contributed by atoms with Gasteiger partial charge in [-0.05, 0) is 244 Å². The molecule has 33 heteroatoms. The van der Waals surface area contributed by atoms with Gasteiger partial charge in [0.05, 0.1) is 69.5 Å². The first-order valence-corrected chi connectivity index (χ1v) is 41.1. The minimum atomic E-state index is -4.68. The number of anilines is 5. The van der Waals surface area contributed by atoms with Crippen LogP contribution in [-0.2, 0) is 36.5 Å². The van der Waals surface area contributed by atoms with Crippen molar-refractivity contribution in [3.8, 4) is 45.0 Å². The summed E-state index contributed by atoms with van der Waals surface area (Å²) in [5.74, 6) is -0.769. The summed E-state index contributed by atoms with van der Waals surface area (Å²) < 4.78 is 110. The van der Waals surface area contributed by atoms with Gasteiger partial charge in [-0.25, -0.2) is 35.1 Å². The summed E-state index contributed by atoms with van der Waals surface area (Å²) in [6, 6.07) is 64.5. The number of rotatable bonds is 20. The minimum absolute atomic E-state index is 0.0297. The van der Waals surface area contributed by atoms with E-state index in [4.69, 9.17) is 63.1 Å². The Balaban J connectivity index is 0.000000161. The molecule has 114 heavy (non-hydrogen) atoms. The molecule has 8 aromatic carbocycles. The largest absolute Gasteiger partial charge is 0.402 e. The summed E-state index contributed by atoms with van der Waals surface area (Å²) in [6.07, 6.45) is 6.54. The van der Waals surface area contributed by atoms with E-state index in [9.17, 15) is 57.6 Å². The van der Waals surface area contributed by atoms with Gasteiger partial charge in [-0.15, -0.1) is 0 Å². The molecule has 0 spiro atoms. The van der Waals surface area contributed by atoms with Gasteiger partial charge in [0.25, 0.3) is 23.6 Å². The van der Waals surface area contributed by atoms with Crippen LogP contribution < -0.4 is 41.2 Å². The topological polar surface area (TPSA) is 332 Å². The number of piperidine rings is 1. The number of alkyl halides is 3. The minimum Gasteiger partial charge on any atom is -0.322 e. The van der Waals surface area contributed by atoms with Crippen LogP contribution in [0.2, 0.25) is 25.1 Å². The van der Waals surface area contributed by atoms with Crippen LogP contribution in [0.5, 0.6) is 0 Å². The van der Waals surface area contributed by atoms with E-state index < -0.39 is 59.5 Å². The Morgan fingerprint density at radius 3 is 1.11 bits per heavy atom. The van der Waals surface area contributed by atoms with Gasteiger partial charge >= 0.3 is 6.18 Å². The summed E-state index contributed by atoms with van der Waals surface area (Å²) in [6.45, 7) is 0.520. The van der Waals surface area contributed by atoms with Crippen LogP contribution in [0, 0.1) is 5.92 Å². The molecule has 5 heterocycles. The third-order valence-electron chi connectivity index (χ3n) is 16.7. The van der Waals surface area contributed by atoms with E-state index >= 15 is 0 Å². The van der Waals surface area contributed by atoms with Crippen molar-refractivity contribution in [2.45, 2.75) is 35.2 Å². The van der Waals surface area contributed by atoms with E-state index in [-0.39, 0.29) is 32.9 Å². The van der Waals surface area contributed by atoms with E-state index in [1.807, 2.05) is 60.7 Å². The fourth-order valence-electron chi connectivity index (χ4n) is 11.1. The van der Waals surface area contributed by atoms with Gasteiger partial charge < -0.3 is 26.6 Å². The second kappa shape index (κ2) is 39.2. The molecule has 13 rings (SSSR count). The normalized spacial score (nSPS) is 12.2. The van der Waals surface area contributed by atoms with Crippen molar-refractivity contribution in [1.29, 1.82) is 0 Å². The Labute approximate surface area is 680 Å². The number of halogens is 8. The van der Waals surface area contributed by atoms with Crippen LogP contribution >= 0.6 is 58.0 Å². The number of carbonyl (C=O) groups is 4. The highest BCUT2D eigenvalue weighted by Gasteiger charge is 2.30. The third kappa shape index (κ3) is 25.3. The SMILES string of the molecule is CS(=O)(=O)Nc1ccc(C(=O)Nc2ccc(Cl)c(-c3ccccn3)c2)cc1.NS(=O)(=O)c1ccc(C(=O)Nc2ccc(Cl)c(-c3ccccn3)c2)c(Cl)c1.O=C(Nc1ccc(Cl)c(-c2ccccn2)c1)c1ccc(CC2CCNCC2)cc1.O=C(Nc1ccc(Cl)c(-c2ccccn2)c1)c1ccc(S(=O)(=O)NCC(F)(F)F)cc1. The molecule has 4 amide bonds. The van der Waals surface area contributed by atoms with Crippen molar-refractivity contribution >= 4 is 140 Å². The maximum Gasteiger partial charge on any atom is 0.402 e. The molecule has 12 aromatic rings. The molecule has 0 bridgehead atoms. The maximum absolute atomic E-state index is 12.7. The number of hydrogen-bond donors (Lipinski definition) is 8. The van der Waals surface area contributed by atoms with Gasteiger partial charge in [0.1, 0.15) is 6.54 Å². The fraction of sp³-hybridized carbons (Fsp3) is 0.111. The van der Waals surface area contributed by atoms with Gasteiger partial charge in [0.2, 0.25) is 30.1 Å². The number of carbonyl (C=O) groups excluding carboxylic acids is 4. The number of pyridine rings is 4. The molecular weight excluding hydrogens is 1630 g/mol. The molecule has 22 nitrogen and oxygen atoms in total. The maximum atomic E-state index is 12.7. The fourth-order valence-corrected chi connectivity index (χ4v) is 14.4. The zero-order valence-electron chi connectivity index (χ0n) is 59.8. The van der Waals surface area contributed by atoms with E-state index in [1.54, 1.807) is 134 Å². The molecule has 586 valence electrons. The molecule has 0 unspecified atom stereocenters. The Bertz CT molecular complexity index is 5770. The summed E-state index contributed by atoms with van der Waals surface area (Å²) in [5, 5.41) is 21.6. The Hall–Kier alpha value is -11.0. The first kappa shape index (κ1) is 85.4. The Morgan fingerprint density at radius 1 is 0.430 bits per heavy atom. The molecule has 1 aliphatic rings. The standard InChI is InChI=1S/C24H24ClN3O.C20H15ClF3N3O3S.C19H16ClN3O3S.C18H13Cl2N3O3S/c25-22-9-8-20(16-21(22)23-3-1-2-12-27-23)28-24(29)19-6-4-17(5-7-19)15-18-10-13-26-14-11-18;21-17-9-6-14(11-16(17)18-3-1-2-10-25-18)27-19(28)13-4-7-15(8-5-13)31(29,30)26-12-20(22,23)24;1-27(25,26)23-14-7-5-13(6-8-14)19(24)22-15-9-10-17(20)16(12-15)18-4-2-3-11-21-18;19-15-7-4-11(9-14(15)17-3-1-2-8-22-17)23-18(24)13-6-5-12(10-16(13)20)27(21,25)26/h1-9,12,16,18,26H,10-11,13-15H2,(H,28,29);1-11,26H,12H2,(H,27,28);2-12,23H,1H3,(H,22,24);1-10H,(H,23,24)(H2,21,25,26). The van der Waals surface area contributed by atoms with Crippen LogP contribution in [0.25, 0.3) is 45.0 Å². The summed E-state index contributed by atoms with van der Waals surface area (Å²) >= 11 is 31.0. The second-order valence-electron chi connectivity index (χ2n) is 25.2. The quantitative estimate of drug-likeness (QED) is 0.0352. The average Bonchev–Trinajstić information content (AvgIpc) is 0.829. The van der Waals surface area contributed by atoms with Gasteiger partial charge in [0.15, 0.2) is 0 Å². The molecule has 1 saturated heterocycles. The van der Waals surface area contributed by atoms with Gasteiger partial charge in [-0.3, -0.25) is 43.8 Å². The number of nitrogens with zero attached hydrogens (tertiary/aromatic N) is 4. The lowest BCUT2D eigenvalue weighted by atomic mass is 9.91. The number of benzene rings is 8. The zero-order valence-corrected chi connectivity index (χ0v) is 66.1. The van der Waals surface area contributed by atoms with Crippen molar-refractivity contribution in [2.75, 3.05) is 51.9 Å². The highest BCUT2D eigenvalue weighted by Crippen LogP contribution is 2.35. The van der Waals surface area contributed by atoms with Crippen LogP contribution in [0.3, 0.4) is 0 Å². The van der Waals surface area contributed by atoms with Crippen molar-refractivity contribution in [3.05, 3.63) is 314 Å². The number of nitrogens with two attached hydrogens (primary N) is 1. The van der Waals surface area contributed by atoms with Crippen molar-refractivity contribution in [3.63, 3.8) is 0 Å². The molecule has 0 aliphatic carbocycles. The lowest BCUT2D eigenvalue weighted by Gasteiger charge is -2.22. The van der Waals surface area contributed by atoms with E-state index in [0.29, 0.717) is 93.4 Å². The molecule has 0 atom stereocenters. The summed E-state index contributed by atoms with van der Waals surface area (Å²) in [7, 11) is -11.6. The second-order valence-corrected chi connectivity index (χ2v) is 32.3. The molecule has 1 fully saturated rings. The Kier molecular flexibility index (Phi) is 29.4. The molecule has 0 radical (unpaired) electrons. The number of amides is 4. The lowest BCUT2D eigenvalue weighted by Crippen LogP contribution is -2.33.